The molecule has 7 nitrogen and oxygen atoms in total. The zero-order chi connectivity index (χ0) is 28.6. The topological polar surface area (TPSA) is 87.7 Å². The van der Waals surface area contributed by atoms with Crippen molar-refractivity contribution >= 4 is 36.2 Å². The second-order valence-electron chi connectivity index (χ2n) is 10.8. The minimum atomic E-state index is -0.967. The fraction of sp³-hybridized carbons (Fsp3) is 0.500. The van der Waals surface area contributed by atoms with Gasteiger partial charge in [0.2, 0.25) is 5.91 Å². The SMILES string of the molecule is CCCCN(C(=O)C(CS)NC(=O)OC(C)(C)C)C(C(=O)Nc1c(C)cccc1C)c1cc(C)ccc1C. The smallest absolute Gasteiger partial charge is 0.408 e. The van der Waals surface area contributed by atoms with Gasteiger partial charge in [-0.25, -0.2) is 4.79 Å². The van der Waals surface area contributed by atoms with Crippen molar-refractivity contribution in [2.24, 2.45) is 0 Å². The molecule has 2 unspecified atom stereocenters. The molecule has 0 aliphatic carbocycles. The van der Waals surface area contributed by atoms with Gasteiger partial charge in [-0.1, -0.05) is 55.3 Å². The van der Waals surface area contributed by atoms with Crippen LogP contribution in [0.3, 0.4) is 0 Å². The number of anilines is 1. The van der Waals surface area contributed by atoms with E-state index in [0.717, 1.165) is 39.9 Å². The summed E-state index contributed by atoms with van der Waals surface area (Å²) in [6, 6.07) is 9.85. The van der Waals surface area contributed by atoms with E-state index in [1.807, 2.05) is 71.0 Å². The maximum Gasteiger partial charge on any atom is 0.408 e. The van der Waals surface area contributed by atoms with Crippen LogP contribution in [0.15, 0.2) is 36.4 Å². The van der Waals surface area contributed by atoms with Gasteiger partial charge >= 0.3 is 6.09 Å². The summed E-state index contributed by atoms with van der Waals surface area (Å²) in [6.07, 6.45) is 0.811. The molecular formula is C30H43N3O4S. The Balaban J connectivity index is 2.57. The molecule has 2 N–H and O–H groups in total. The van der Waals surface area contributed by atoms with E-state index in [-0.39, 0.29) is 17.6 Å². The van der Waals surface area contributed by atoms with Crippen LogP contribution in [-0.4, -0.2) is 46.7 Å². The van der Waals surface area contributed by atoms with Gasteiger partial charge in [-0.05, 0) is 77.1 Å². The molecular weight excluding hydrogens is 498 g/mol. The molecule has 2 rings (SSSR count). The number of hydrogen-bond acceptors (Lipinski definition) is 5. The molecule has 0 radical (unpaired) electrons. The Labute approximate surface area is 233 Å². The fourth-order valence-electron chi connectivity index (χ4n) is 4.24. The lowest BCUT2D eigenvalue weighted by molar-refractivity contribution is -0.140. The van der Waals surface area contributed by atoms with E-state index in [1.54, 1.807) is 25.7 Å². The normalized spacial score (nSPS) is 12.9. The monoisotopic (exact) mass is 541 g/mol. The summed E-state index contributed by atoms with van der Waals surface area (Å²) in [5.74, 6) is -0.642. The van der Waals surface area contributed by atoms with Gasteiger partial charge in [-0.2, -0.15) is 12.6 Å². The highest BCUT2D eigenvalue weighted by Crippen LogP contribution is 2.30. The number of benzene rings is 2. The van der Waals surface area contributed by atoms with Crippen molar-refractivity contribution in [3.05, 3.63) is 64.2 Å². The van der Waals surface area contributed by atoms with E-state index in [9.17, 15) is 14.4 Å². The molecule has 38 heavy (non-hydrogen) atoms. The number of unbranched alkanes of at least 4 members (excludes halogenated alkanes) is 1. The van der Waals surface area contributed by atoms with Crippen molar-refractivity contribution in [1.82, 2.24) is 10.2 Å². The summed E-state index contributed by atoms with van der Waals surface area (Å²) in [5.41, 5.74) is 4.50. The molecule has 208 valence electrons. The molecule has 0 bridgehead atoms. The predicted molar refractivity (Wildman–Crippen MR) is 157 cm³/mol. The summed E-state index contributed by atoms with van der Waals surface area (Å²) >= 11 is 4.36. The number of hydrogen-bond donors (Lipinski definition) is 3. The van der Waals surface area contributed by atoms with E-state index < -0.39 is 23.8 Å². The average Bonchev–Trinajstić information content (AvgIpc) is 2.82. The Bertz CT molecular complexity index is 1120. The summed E-state index contributed by atoms with van der Waals surface area (Å²) in [6.45, 7) is 15.4. The van der Waals surface area contributed by atoms with Gasteiger partial charge in [0.25, 0.3) is 5.91 Å². The summed E-state index contributed by atoms with van der Waals surface area (Å²) < 4.78 is 5.38. The maximum absolute atomic E-state index is 14.1. The van der Waals surface area contributed by atoms with E-state index in [2.05, 4.69) is 23.3 Å². The van der Waals surface area contributed by atoms with Crippen LogP contribution in [0.1, 0.15) is 74.4 Å². The number of nitrogens with one attached hydrogen (secondary N) is 2. The van der Waals surface area contributed by atoms with Crippen molar-refractivity contribution in [2.45, 2.75) is 85.9 Å². The van der Waals surface area contributed by atoms with E-state index in [0.29, 0.717) is 13.0 Å². The lowest BCUT2D eigenvalue weighted by Crippen LogP contribution is -2.53. The highest BCUT2D eigenvalue weighted by atomic mass is 32.1. The Morgan fingerprint density at radius 1 is 1.00 bits per heavy atom. The molecule has 8 heteroatoms. The minimum Gasteiger partial charge on any atom is -0.444 e. The molecule has 2 aromatic carbocycles. The largest absolute Gasteiger partial charge is 0.444 e. The molecule has 0 fully saturated rings. The molecule has 0 saturated heterocycles. The second-order valence-corrected chi connectivity index (χ2v) is 11.2. The Morgan fingerprint density at radius 3 is 2.18 bits per heavy atom. The minimum absolute atomic E-state index is 0.0543. The second kappa shape index (κ2) is 13.7. The number of amides is 3. The third-order valence-electron chi connectivity index (χ3n) is 6.23. The highest BCUT2D eigenvalue weighted by molar-refractivity contribution is 7.80. The number of nitrogens with zero attached hydrogens (tertiary/aromatic N) is 1. The Morgan fingerprint density at radius 2 is 1.63 bits per heavy atom. The van der Waals surface area contributed by atoms with E-state index >= 15 is 0 Å². The lowest BCUT2D eigenvalue weighted by Gasteiger charge is -2.35. The van der Waals surface area contributed by atoms with Crippen molar-refractivity contribution in [3.63, 3.8) is 0 Å². The van der Waals surface area contributed by atoms with Gasteiger partial charge in [0, 0.05) is 18.0 Å². The van der Waals surface area contributed by atoms with Gasteiger partial charge in [0.1, 0.15) is 17.7 Å². The Kier molecular flexibility index (Phi) is 11.2. The van der Waals surface area contributed by atoms with Crippen molar-refractivity contribution in [3.8, 4) is 0 Å². The predicted octanol–water partition coefficient (Wildman–Crippen LogP) is 6.05. The fourth-order valence-corrected chi connectivity index (χ4v) is 4.49. The standard InChI is InChI=1S/C30H43N3O4S/c1-9-10-16-33(28(35)24(18-38)31-29(36)37-30(6,7)8)26(23-17-19(2)14-15-20(23)3)27(34)32-25-21(4)12-11-13-22(25)5/h11-15,17,24,26,38H,9-10,16,18H2,1-8H3,(H,31,36)(H,32,34). The number of thiol groups is 1. The lowest BCUT2D eigenvalue weighted by atomic mass is 9.95. The molecule has 2 atom stereocenters. The highest BCUT2D eigenvalue weighted by Gasteiger charge is 2.36. The first-order valence-electron chi connectivity index (χ1n) is 13.1. The molecule has 3 amide bonds. The van der Waals surface area contributed by atoms with Gasteiger partial charge in [0.05, 0.1) is 0 Å². The number of carbonyl (C=O) groups is 3. The molecule has 0 spiro atoms. The van der Waals surface area contributed by atoms with Crippen LogP contribution >= 0.6 is 12.6 Å². The third kappa shape index (κ3) is 8.51. The summed E-state index contributed by atoms with van der Waals surface area (Å²) in [7, 11) is 0. The first kappa shape index (κ1) is 31.2. The number of aryl methyl sites for hydroxylation is 4. The zero-order valence-corrected chi connectivity index (χ0v) is 24.9. The van der Waals surface area contributed by atoms with Crippen LogP contribution in [0, 0.1) is 27.7 Å². The molecule has 0 aromatic heterocycles. The number of rotatable bonds is 10. The summed E-state index contributed by atoms with van der Waals surface area (Å²) in [4.78, 5) is 42.2. The van der Waals surface area contributed by atoms with Crippen LogP contribution in [0.4, 0.5) is 10.5 Å². The first-order chi connectivity index (χ1) is 17.8. The number of carbonyl (C=O) groups excluding carboxylic acids is 3. The molecule has 0 saturated carbocycles. The number of para-hydroxylation sites is 1. The maximum atomic E-state index is 14.1. The van der Waals surface area contributed by atoms with Crippen molar-refractivity contribution in [2.75, 3.05) is 17.6 Å². The van der Waals surface area contributed by atoms with E-state index in [4.69, 9.17) is 4.74 Å². The third-order valence-corrected chi connectivity index (χ3v) is 6.59. The Hall–Kier alpha value is -3.00. The van der Waals surface area contributed by atoms with Crippen LogP contribution in [0.25, 0.3) is 0 Å². The molecule has 2 aromatic rings. The summed E-state index contributed by atoms with van der Waals surface area (Å²) in [5, 5.41) is 5.76. The van der Waals surface area contributed by atoms with Crippen LogP contribution in [0.5, 0.6) is 0 Å². The number of alkyl carbamates (subject to hydrolysis) is 1. The van der Waals surface area contributed by atoms with Crippen LogP contribution in [-0.2, 0) is 14.3 Å². The van der Waals surface area contributed by atoms with Crippen molar-refractivity contribution in [1.29, 1.82) is 0 Å². The zero-order valence-electron chi connectivity index (χ0n) is 24.0. The van der Waals surface area contributed by atoms with Gasteiger partial charge < -0.3 is 20.3 Å². The van der Waals surface area contributed by atoms with Crippen molar-refractivity contribution < 1.29 is 19.1 Å². The van der Waals surface area contributed by atoms with Crippen LogP contribution in [0.2, 0.25) is 0 Å². The quantitative estimate of drug-likeness (QED) is 0.320. The van der Waals surface area contributed by atoms with Gasteiger partial charge in [-0.3, -0.25) is 9.59 Å². The van der Waals surface area contributed by atoms with Crippen LogP contribution < -0.4 is 10.6 Å². The molecule has 0 aliphatic rings. The van der Waals surface area contributed by atoms with Gasteiger partial charge in [0.15, 0.2) is 0 Å². The molecule has 0 heterocycles. The van der Waals surface area contributed by atoms with Gasteiger partial charge in [-0.15, -0.1) is 0 Å². The van der Waals surface area contributed by atoms with E-state index in [1.165, 1.54) is 0 Å². The average molecular weight is 542 g/mol. The first-order valence-corrected chi connectivity index (χ1v) is 13.8. The number of ether oxygens (including phenoxy) is 1. The molecule has 0 aliphatic heterocycles.